The molecule has 4 aliphatic rings. The Morgan fingerprint density at radius 3 is 2.35 bits per heavy atom. The number of hydrogen-bond donors (Lipinski definition) is 2. The van der Waals surface area contributed by atoms with E-state index in [-0.39, 0.29) is 16.1 Å². The Morgan fingerprint density at radius 2 is 1.87 bits per heavy atom. The molecule has 1 aromatic heterocycles. The number of carbonyl (C=O) groups excluding carboxylic acids is 1. The number of aromatic nitrogens is 2. The van der Waals surface area contributed by atoms with Gasteiger partial charge in [0.2, 0.25) is 0 Å². The van der Waals surface area contributed by atoms with E-state index in [1.807, 2.05) is 0 Å². The van der Waals surface area contributed by atoms with Crippen molar-refractivity contribution in [1.29, 1.82) is 0 Å². The Bertz CT molecular complexity index is 636. The van der Waals surface area contributed by atoms with Crippen molar-refractivity contribution in [2.75, 3.05) is 6.54 Å². The van der Waals surface area contributed by atoms with E-state index in [0.29, 0.717) is 6.54 Å². The first-order chi connectivity index (χ1) is 11.0. The summed E-state index contributed by atoms with van der Waals surface area (Å²) >= 11 is 5.87. The fraction of sp³-hybridized carbons (Fsp3) is 0.733. The highest BCUT2D eigenvalue weighted by atomic mass is 35.5. The third-order valence-electron chi connectivity index (χ3n) is 5.88. The van der Waals surface area contributed by atoms with Crippen molar-refractivity contribution >= 4 is 23.3 Å². The molecule has 0 saturated heterocycles. The fourth-order valence-electron chi connectivity index (χ4n) is 5.45. The van der Waals surface area contributed by atoms with Gasteiger partial charge in [0.15, 0.2) is 10.7 Å². The zero-order chi connectivity index (χ0) is 16.2. The van der Waals surface area contributed by atoms with Crippen LogP contribution in [0.4, 0.5) is 5.82 Å². The molecular formula is C15H19ClN4O3. The van der Waals surface area contributed by atoms with Crippen LogP contribution in [0, 0.1) is 33.3 Å². The SMILES string of the molecule is O=C(NCC12CC3CC(CC(C3)C1)C2)c1n[nH]c([N+](=O)[O-])c1Cl. The maximum atomic E-state index is 12.3. The molecule has 0 unspecified atom stereocenters. The highest BCUT2D eigenvalue weighted by molar-refractivity contribution is 6.35. The van der Waals surface area contributed by atoms with Gasteiger partial charge >= 0.3 is 5.82 Å². The molecule has 8 heteroatoms. The number of carbonyl (C=O) groups is 1. The first kappa shape index (κ1) is 14.9. The summed E-state index contributed by atoms with van der Waals surface area (Å²) in [6.07, 6.45) is 7.62. The molecule has 1 amide bonds. The number of halogens is 1. The number of nitro groups is 1. The van der Waals surface area contributed by atoms with Gasteiger partial charge in [-0.25, -0.2) is 0 Å². The maximum Gasteiger partial charge on any atom is 0.362 e. The summed E-state index contributed by atoms with van der Waals surface area (Å²) in [5.74, 6) is 1.57. The second-order valence-electron chi connectivity index (χ2n) is 7.59. The van der Waals surface area contributed by atoms with E-state index in [1.54, 1.807) is 0 Å². The van der Waals surface area contributed by atoms with Crippen LogP contribution in [0.25, 0.3) is 0 Å². The molecule has 23 heavy (non-hydrogen) atoms. The molecule has 4 aliphatic carbocycles. The number of amides is 1. The molecule has 4 saturated carbocycles. The smallest absolute Gasteiger partial charge is 0.358 e. The second-order valence-corrected chi connectivity index (χ2v) is 7.97. The van der Waals surface area contributed by atoms with Crippen LogP contribution in [0.5, 0.6) is 0 Å². The highest BCUT2D eigenvalue weighted by Crippen LogP contribution is 2.59. The minimum Gasteiger partial charge on any atom is -0.358 e. The molecule has 1 aromatic rings. The normalized spacial score (nSPS) is 34.6. The van der Waals surface area contributed by atoms with E-state index in [9.17, 15) is 14.9 Å². The molecule has 4 bridgehead atoms. The van der Waals surface area contributed by atoms with Crippen molar-refractivity contribution in [1.82, 2.24) is 15.5 Å². The fourth-order valence-corrected chi connectivity index (χ4v) is 5.69. The van der Waals surface area contributed by atoms with Crippen LogP contribution in [-0.4, -0.2) is 27.6 Å². The number of rotatable bonds is 4. The van der Waals surface area contributed by atoms with Crippen molar-refractivity contribution < 1.29 is 9.72 Å². The lowest BCUT2D eigenvalue weighted by Crippen LogP contribution is -2.51. The van der Waals surface area contributed by atoms with Gasteiger partial charge in [0, 0.05) is 6.54 Å². The largest absolute Gasteiger partial charge is 0.362 e. The summed E-state index contributed by atoms with van der Waals surface area (Å²) in [7, 11) is 0. The lowest BCUT2D eigenvalue weighted by molar-refractivity contribution is -0.389. The molecule has 0 atom stereocenters. The van der Waals surface area contributed by atoms with Gasteiger partial charge in [0.25, 0.3) is 5.91 Å². The summed E-state index contributed by atoms with van der Waals surface area (Å²) in [6, 6.07) is 0. The van der Waals surface area contributed by atoms with E-state index < -0.39 is 16.6 Å². The summed E-state index contributed by atoms with van der Waals surface area (Å²) in [4.78, 5) is 22.4. The topological polar surface area (TPSA) is 101 Å². The number of nitrogens with one attached hydrogen (secondary N) is 2. The zero-order valence-electron chi connectivity index (χ0n) is 12.7. The zero-order valence-corrected chi connectivity index (χ0v) is 13.4. The Kier molecular flexibility index (Phi) is 3.37. The minimum atomic E-state index is -0.675. The van der Waals surface area contributed by atoms with Crippen molar-refractivity contribution in [3.63, 3.8) is 0 Å². The van der Waals surface area contributed by atoms with E-state index in [4.69, 9.17) is 11.6 Å². The molecule has 1 heterocycles. The van der Waals surface area contributed by atoms with Crippen molar-refractivity contribution in [2.45, 2.75) is 38.5 Å². The van der Waals surface area contributed by atoms with Crippen LogP contribution in [0.15, 0.2) is 0 Å². The van der Waals surface area contributed by atoms with Crippen molar-refractivity contribution in [3.8, 4) is 0 Å². The van der Waals surface area contributed by atoms with E-state index in [0.717, 1.165) is 17.8 Å². The Hall–Kier alpha value is -1.63. The number of nitrogens with zero attached hydrogens (tertiary/aromatic N) is 2. The Morgan fingerprint density at radius 1 is 1.30 bits per heavy atom. The predicted molar refractivity (Wildman–Crippen MR) is 83.2 cm³/mol. The third-order valence-corrected chi connectivity index (χ3v) is 6.23. The molecular weight excluding hydrogens is 320 g/mol. The lowest BCUT2D eigenvalue weighted by Gasteiger charge is -2.56. The van der Waals surface area contributed by atoms with Gasteiger partial charge in [-0.1, -0.05) is 16.7 Å². The van der Waals surface area contributed by atoms with Gasteiger partial charge in [-0.15, -0.1) is 5.10 Å². The van der Waals surface area contributed by atoms with E-state index in [1.165, 1.54) is 38.5 Å². The molecule has 0 radical (unpaired) electrons. The van der Waals surface area contributed by atoms with Crippen molar-refractivity contribution in [3.05, 3.63) is 20.8 Å². The van der Waals surface area contributed by atoms with Crippen LogP contribution in [0.3, 0.4) is 0 Å². The van der Waals surface area contributed by atoms with Crippen LogP contribution in [0.2, 0.25) is 5.02 Å². The number of H-pyrrole nitrogens is 1. The van der Waals surface area contributed by atoms with Gasteiger partial charge < -0.3 is 15.4 Å². The molecule has 0 aliphatic heterocycles. The Balaban J connectivity index is 1.45. The molecule has 7 nitrogen and oxygen atoms in total. The van der Waals surface area contributed by atoms with Gasteiger partial charge in [-0.2, -0.15) is 0 Å². The summed E-state index contributed by atoms with van der Waals surface area (Å²) < 4.78 is 0. The summed E-state index contributed by atoms with van der Waals surface area (Å²) in [6.45, 7) is 0.617. The molecule has 4 fully saturated rings. The first-order valence-electron chi connectivity index (χ1n) is 8.12. The average Bonchev–Trinajstić information content (AvgIpc) is 2.85. The number of aromatic amines is 1. The number of hydrogen-bond acceptors (Lipinski definition) is 4. The average molecular weight is 339 g/mol. The molecule has 2 N–H and O–H groups in total. The Labute approximate surface area is 138 Å². The first-order valence-corrected chi connectivity index (χ1v) is 8.50. The summed E-state index contributed by atoms with van der Waals surface area (Å²) in [5.41, 5.74) is 0.113. The van der Waals surface area contributed by atoms with Crippen LogP contribution >= 0.6 is 11.6 Å². The molecule has 0 spiro atoms. The highest BCUT2D eigenvalue weighted by Gasteiger charge is 2.50. The van der Waals surface area contributed by atoms with Gasteiger partial charge in [0.1, 0.15) is 0 Å². The van der Waals surface area contributed by atoms with Crippen LogP contribution in [-0.2, 0) is 0 Å². The lowest BCUT2D eigenvalue weighted by atomic mass is 9.49. The monoisotopic (exact) mass is 338 g/mol. The van der Waals surface area contributed by atoms with Gasteiger partial charge in [-0.05, 0) is 66.6 Å². The quantitative estimate of drug-likeness (QED) is 0.651. The second kappa shape index (κ2) is 5.19. The van der Waals surface area contributed by atoms with E-state index in [2.05, 4.69) is 15.5 Å². The molecule has 0 aromatic carbocycles. The minimum absolute atomic E-state index is 0.0944. The standard InChI is InChI=1S/C15H19ClN4O3/c16-11-12(18-19-13(11)20(22)23)14(21)17-7-15-4-8-1-9(5-15)3-10(2-8)6-15/h8-10H,1-7H2,(H,17,21)(H,18,19). The molecule has 5 rings (SSSR count). The van der Waals surface area contributed by atoms with Gasteiger partial charge in [0.05, 0.1) is 0 Å². The summed E-state index contributed by atoms with van der Waals surface area (Å²) in [5, 5.41) is 19.4. The predicted octanol–water partition coefficient (Wildman–Crippen LogP) is 2.92. The van der Waals surface area contributed by atoms with E-state index >= 15 is 0 Å². The van der Waals surface area contributed by atoms with Crippen LogP contribution < -0.4 is 5.32 Å². The van der Waals surface area contributed by atoms with Crippen molar-refractivity contribution in [2.24, 2.45) is 23.2 Å². The maximum absolute atomic E-state index is 12.3. The van der Waals surface area contributed by atoms with Gasteiger partial charge in [-0.3, -0.25) is 4.79 Å². The molecule has 124 valence electrons. The van der Waals surface area contributed by atoms with Crippen LogP contribution in [0.1, 0.15) is 49.0 Å². The third kappa shape index (κ3) is 2.51.